The van der Waals surface area contributed by atoms with Crippen molar-refractivity contribution in [2.45, 2.75) is 20.4 Å². The van der Waals surface area contributed by atoms with Crippen LogP contribution in [0, 0.1) is 13.8 Å². The van der Waals surface area contributed by atoms with E-state index < -0.39 is 0 Å². The summed E-state index contributed by atoms with van der Waals surface area (Å²) >= 11 is 6.27. The number of ether oxygens (including phenoxy) is 1. The molecule has 1 heterocycles. The molecule has 4 nitrogen and oxygen atoms in total. The topological polar surface area (TPSA) is 51.2 Å². The van der Waals surface area contributed by atoms with E-state index in [1.54, 1.807) is 25.4 Å². The Kier molecular flexibility index (Phi) is 4.81. The molecule has 0 atom stereocenters. The third kappa shape index (κ3) is 3.34. The molecule has 0 saturated carbocycles. The van der Waals surface area contributed by atoms with E-state index in [9.17, 15) is 4.79 Å². The van der Waals surface area contributed by atoms with Gasteiger partial charge in [0.25, 0.3) is 5.91 Å². The van der Waals surface area contributed by atoms with Crippen molar-refractivity contribution in [1.82, 2.24) is 10.3 Å². The van der Waals surface area contributed by atoms with E-state index >= 15 is 0 Å². The van der Waals surface area contributed by atoms with Gasteiger partial charge in [-0.1, -0.05) is 11.6 Å². The van der Waals surface area contributed by atoms with E-state index in [2.05, 4.69) is 10.3 Å². The molecule has 0 unspecified atom stereocenters. The Morgan fingerprint density at radius 2 is 2.19 bits per heavy atom. The van der Waals surface area contributed by atoms with Gasteiger partial charge in [0, 0.05) is 29.5 Å². The number of nitrogens with zero attached hydrogens (tertiary/aromatic N) is 1. The summed E-state index contributed by atoms with van der Waals surface area (Å²) in [5.74, 6) is 0.544. The average molecular weight is 305 g/mol. The molecule has 1 amide bonds. The molecule has 0 radical (unpaired) electrons. The van der Waals surface area contributed by atoms with Crippen LogP contribution in [0.4, 0.5) is 0 Å². The van der Waals surface area contributed by atoms with Gasteiger partial charge >= 0.3 is 0 Å². The minimum absolute atomic E-state index is 0.179. The number of hydrogen-bond donors (Lipinski definition) is 1. The van der Waals surface area contributed by atoms with Gasteiger partial charge in [-0.15, -0.1) is 0 Å². The lowest BCUT2D eigenvalue weighted by Crippen LogP contribution is -2.23. The molecule has 0 bridgehead atoms. The lowest BCUT2D eigenvalue weighted by molar-refractivity contribution is 0.0950. The maximum Gasteiger partial charge on any atom is 0.253 e. The zero-order chi connectivity index (χ0) is 15.4. The highest BCUT2D eigenvalue weighted by Gasteiger charge is 2.14. The Hall–Kier alpha value is -2.07. The molecule has 110 valence electrons. The van der Waals surface area contributed by atoms with Gasteiger partial charge in [0.15, 0.2) is 0 Å². The Morgan fingerprint density at radius 3 is 2.81 bits per heavy atom. The molecule has 2 rings (SSSR count). The fraction of sp³-hybridized carbons (Fsp3) is 0.250. The zero-order valence-corrected chi connectivity index (χ0v) is 13.0. The molecule has 1 aromatic carbocycles. The predicted octanol–water partition coefficient (Wildman–Crippen LogP) is 3.29. The standard InChI is InChI=1S/C16H17ClN2O2/c1-10-7-14(21-3)13(11(2)15(10)17)9-19-16(20)12-5-4-6-18-8-12/h4-8H,9H2,1-3H3,(H,19,20). The van der Waals surface area contributed by atoms with Crippen LogP contribution < -0.4 is 10.1 Å². The first-order valence-corrected chi connectivity index (χ1v) is 6.93. The van der Waals surface area contributed by atoms with Crippen molar-refractivity contribution in [3.05, 3.63) is 57.9 Å². The van der Waals surface area contributed by atoms with E-state index in [4.69, 9.17) is 16.3 Å². The van der Waals surface area contributed by atoms with Crippen molar-refractivity contribution in [3.63, 3.8) is 0 Å². The van der Waals surface area contributed by atoms with Crippen LogP contribution in [0.3, 0.4) is 0 Å². The second-order valence-corrected chi connectivity index (χ2v) is 5.12. The second-order valence-electron chi connectivity index (χ2n) is 4.74. The summed E-state index contributed by atoms with van der Waals surface area (Å²) in [7, 11) is 1.61. The maximum absolute atomic E-state index is 12.1. The van der Waals surface area contributed by atoms with Crippen LogP contribution in [-0.2, 0) is 6.54 Å². The smallest absolute Gasteiger partial charge is 0.253 e. The van der Waals surface area contributed by atoms with Crippen LogP contribution in [0.5, 0.6) is 5.75 Å². The van der Waals surface area contributed by atoms with Gasteiger partial charge in [-0.05, 0) is 43.2 Å². The number of hydrogen-bond acceptors (Lipinski definition) is 3. The van der Waals surface area contributed by atoms with Crippen molar-refractivity contribution < 1.29 is 9.53 Å². The van der Waals surface area contributed by atoms with E-state index in [-0.39, 0.29) is 5.91 Å². The summed E-state index contributed by atoms with van der Waals surface area (Å²) in [5, 5.41) is 3.56. The predicted molar refractivity (Wildman–Crippen MR) is 82.9 cm³/mol. The summed E-state index contributed by atoms with van der Waals surface area (Å²) in [4.78, 5) is 16.0. The van der Waals surface area contributed by atoms with Gasteiger partial charge in [0.05, 0.1) is 12.7 Å². The number of carbonyl (C=O) groups excluding carboxylic acids is 1. The molecule has 0 aliphatic heterocycles. The number of methoxy groups -OCH3 is 1. The van der Waals surface area contributed by atoms with Crippen LogP contribution in [0.25, 0.3) is 0 Å². The quantitative estimate of drug-likeness (QED) is 0.943. The second kappa shape index (κ2) is 6.59. The fourth-order valence-electron chi connectivity index (χ4n) is 2.13. The number of aryl methyl sites for hydroxylation is 1. The lowest BCUT2D eigenvalue weighted by atomic mass is 10.0. The average Bonchev–Trinajstić information content (AvgIpc) is 2.52. The third-order valence-electron chi connectivity index (χ3n) is 3.34. The molecule has 1 aromatic heterocycles. The van der Waals surface area contributed by atoms with Crippen molar-refractivity contribution in [3.8, 4) is 5.75 Å². The van der Waals surface area contributed by atoms with Gasteiger partial charge in [-0.2, -0.15) is 0 Å². The summed E-state index contributed by atoms with van der Waals surface area (Å²) in [6.45, 7) is 4.20. The highest BCUT2D eigenvalue weighted by Crippen LogP contribution is 2.31. The molecular formula is C16H17ClN2O2. The number of nitrogens with one attached hydrogen (secondary N) is 1. The van der Waals surface area contributed by atoms with Gasteiger partial charge in [-0.25, -0.2) is 0 Å². The van der Waals surface area contributed by atoms with E-state index in [0.29, 0.717) is 17.1 Å². The molecular weight excluding hydrogens is 288 g/mol. The van der Waals surface area contributed by atoms with Crippen LogP contribution >= 0.6 is 11.6 Å². The van der Waals surface area contributed by atoms with E-state index in [0.717, 1.165) is 22.4 Å². The van der Waals surface area contributed by atoms with E-state index in [1.807, 2.05) is 19.9 Å². The largest absolute Gasteiger partial charge is 0.496 e. The van der Waals surface area contributed by atoms with Crippen molar-refractivity contribution in [1.29, 1.82) is 0 Å². The highest BCUT2D eigenvalue weighted by atomic mass is 35.5. The van der Waals surface area contributed by atoms with Crippen LogP contribution in [0.1, 0.15) is 27.0 Å². The maximum atomic E-state index is 12.1. The van der Waals surface area contributed by atoms with E-state index in [1.165, 1.54) is 6.20 Å². The van der Waals surface area contributed by atoms with Crippen LogP contribution in [0.2, 0.25) is 5.02 Å². The summed E-state index contributed by atoms with van der Waals surface area (Å²) in [6.07, 6.45) is 3.16. The Balaban J connectivity index is 2.20. The number of carbonyl (C=O) groups is 1. The zero-order valence-electron chi connectivity index (χ0n) is 12.2. The monoisotopic (exact) mass is 304 g/mol. The number of amides is 1. The SMILES string of the molecule is COc1cc(C)c(Cl)c(C)c1CNC(=O)c1cccnc1. The molecule has 0 fully saturated rings. The minimum atomic E-state index is -0.179. The molecule has 5 heteroatoms. The normalized spacial score (nSPS) is 10.3. The number of benzene rings is 1. The third-order valence-corrected chi connectivity index (χ3v) is 3.92. The fourth-order valence-corrected chi connectivity index (χ4v) is 2.30. The van der Waals surface area contributed by atoms with Crippen molar-refractivity contribution in [2.24, 2.45) is 0 Å². The Morgan fingerprint density at radius 1 is 1.43 bits per heavy atom. The minimum Gasteiger partial charge on any atom is -0.496 e. The molecule has 1 N–H and O–H groups in total. The summed E-state index contributed by atoms with van der Waals surface area (Å²) in [5.41, 5.74) is 3.27. The summed E-state index contributed by atoms with van der Waals surface area (Å²) < 4.78 is 5.38. The van der Waals surface area contributed by atoms with Crippen LogP contribution in [0.15, 0.2) is 30.6 Å². The first-order valence-electron chi connectivity index (χ1n) is 6.55. The van der Waals surface area contributed by atoms with Crippen molar-refractivity contribution >= 4 is 17.5 Å². The molecule has 0 aliphatic carbocycles. The van der Waals surface area contributed by atoms with Crippen molar-refractivity contribution in [2.75, 3.05) is 7.11 Å². The van der Waals surface area contributed by atoms with Crippen LogP contribution in [-0.4, -0.2) is 18.0 Å². The summed E-state index contributed by atoms with van der Waals surface area (Å²) in [6, 6.07) is 5.32. The molecule has 2 aromatic rings. The Labute approximate surface area is 129 Å². The molecule has 0 aliphatic rings. The van der Waals surface area contributed by atoms with Gasteiger partial charge in [-0.3, -0.25) is 9.78 Å². The molecule has 21 heavy (non-hydrogen) atoms. The first kappa shape index (κ1) is 15.3. The lowest BCUT2D eigenvalue weighted by Gasteiger charge is -2.15. The number of aromatic nitrogens is 1. The van der Waals surface area contributed by atoms with Gasteiger partial charge < -0.3 is 10.1 Å². The van der Waals surface area contributed by atoms with Gasteiger partial charge in [0.1, 0.15) is 5.75 Å². The molecule has 0 saturated heterocycles. The Bertz CT molecular complexity index is 657. The van der Waals surface area contributed by atoms with Gasteiger partial charge in [0.2, 0.25) is 0 Å². The number of halogens is 1. The first-order chi connectivity index (χ1) is 10.0. The highest BCUT2D eigenvalue weighted by molar-refractivity contribution is 6.32. The number of rotatable bonds is 4. The molecule has 0 spiro atoms. The number of pyridine rings is 1.